The number of nitrogens with two attached hydrogens (primary N) is 1. The van der Waals surface area contributed by atoms with Crippen molar-refractivity contribution in [3.63, 3.8) is 0 Å². The Hall–Kier alpha value is -0.940. The summed E-state index contributed by atoms with van der Waals surface area (Å²) in [6.07, 6.45) is 1.37. The molecule has 1 aromatic rings. The zero-order valence-corrected chi connectivity index (χ0v) is 11.9. The lowest BCUT2D eigenvalue weighted by molar-refractivity contribution is -0.118. The van der Waals surface area contributed by atoms with Crippen molar-refractivity contribution in [2.75, 3.05) is 18.0 Å². The summed E-state index contributed by atoms with van der Waals surface area (Å²) < 4.78 is 0. The molecule has 0 atom stereocenters. The largest absolute Gasteiger partial charge is 0.329 e. The molecule has 0 aliphatic carbocycles. The third-order valence-corrected chi connectivity index (χ3v) is 2.95. The number of anilines is 1. The number of aromatic nitrogens is 1. The van der Waals surface area contributed by atoms with Crippen LogP contribution in [0.4, 0.5) is 5.82 Å². The van der Waals surface area contributed by atoms with Crippen molar-refractivity contribution in [3.8, 4) is 0 Å². The summed E-state index contributed by atoms with van der Waals surface area (Å²) >= 11 is 0. The zero-order valence-electron chi connectivity index (χ0n) is 10.2. The van der Waals surface area contributed by atoms with E-state index in [0.29, 0.717) is 19.5 Å². The highest BCUT2D eigenvalue weighted by Gasteiger charge is 2.26. The van der Waals surface area contributed by atoms with E-state index in [1.165, 1.54) is 11.1 Å². The molecule has 94 valence electrons. The lowest BCUT2D eigenvalue weighted by Crippen LogP contribution is -2.39. The van der Waals surface area contributed by atoms with Gasteiger partial charge in [0.2, 0.25) is 5.91 Å². The highest BCUT2D eigenvalue weighted by atomic mass is 79.9. The van der Waals surface area contributed by atoms with Gasteiger partial charge >= 0.3 is 0 Å². The Morgan fingerprint density at radius 1 is 1.41 bits per heavy atom. The molecule has 0 aromatic carbocycles. The van der Waals surface area contributed by atoms with Gasteiger partial charge in [0, 0.05) is 25.2 Å². The molecule has 0 fully saturated rings. The van der Waals surface area contributed by atoms with E-state index in [4.69, 9.17) is 5.73 Å². The van der Waals surface area contributed by atoms with E-state index < -0.39 is 0 Å². The Kier molecular flexibility index (Phi) is 4.65. The number of carbonyl (C=O) groups excluding carboxylic acids is 1. The van der Waals surface area contributed by atoms with Gasteiger partial charge in [-0.05, 0) is 37.5 Å². The SMILES string of the molecule is Br.Cc1cc(C)c2c(n1)N(CCN)C(=O)CC2. The fourth-order valence-corrected chi connectivity index (χ4v) is 2.22. The van der Waals surface area contributed by atoms with Crippen molar-refractivity contribution in [1.82, 2.24) is 4.98 Å². The summed E-state index contributed by atoms with van der Waals surface area (Å²) in [6.45, 7) is 5.05. The minimum Gasteiger partial charge on any atom is -0.329 e. The third kappa shape index (κ3) is 2.66. The molecular formula is C12H18BrN3O. The Morgan fingerprint density at radius 2 is 2.12 bits per heavy atom. The van der Waals surface area contributed by atoms with Gasteiger partial charge in [0.15, 0.2) is 0 Å². The van der Waals surface area contributed by atoms with E-state index in [1.54, 1.807) is 4.90 Å². The first-order valence-electron chi connectivity index (χ1n) is 5.61. The lowest BCUT2D eigenvalue weighted by atomic mass is 9.99. The third-order valence-electron chi connectivity index (χ3n) is 2.95. The molecule has 0 saturated heterocycles. The van der Waals surface area contributed by atoms with Crippen molar-refractivity contribution < 1.29 is 4.79 Å². The van der Waals surface area contributed by atoms with Crippen LogP contribution in [0.5, 0.6) is 0 Å². The molecule has 4 nitrogen and oxygen atoms in total. The Bertz CT molecular complexity index is 434. The first kappa shape index (κ1) is 14.1. The lowest BCUT2D eigenvalue weighted by Gasteiger charge is -2.29. The van der Waals surface area contributed by atoms with E-state index in [-0.39, 0.29) is 22.9 Å². The maximum atomic E-state index is 11.8. The molecular weight excluding hydrogens is 282 g/mol. The number of rotatable bonds is 2. The molecule has 0 radical (unpaired) electrons. The number of aryl methyl sites for hydroxylation is 2. The molecule has 1 aromatic heterocycles. The maximum absolute atomic E-state index is 11.8. The van der Waals surface area contributed by atoms with Gasteiger partial charge in [0.25, 0.3) is 0 Å². The topological polar surface area (TPSA) is 59.2 Å². The maximum Gasteiger partial charge on any atom is 0.228 e. The molecule has 2 N–H and O–H groups in total. The van der Waals surface area contributed by atoms with E-state index >= 15 is 0 Å². The second-order valence-electron chi connectivity index (χ2n) is 4.22. The van der Waals surface area contributed by atoms with Crippen molar-refractivity contribution in [2.45, 2.75) is 26.7 Å². The summed E-state index contributed by atoms with van der Waals surface area (Å²) in [4.78, 5) is 18.0. The second-order valence-corrected chi connectivity index (χ2v) is 4.22. The normalized spacial score (nSPS) is 14.3. The van der Waals surface area contributed by atoms with Crippen LogP contribution >= 0.6 is 17.0 Å². The van der Waals surface area contributed by atoms with Crippen LogP contribution in [-0.4, -0.2) is 24.0 Å². The molecule has 2 rings (SSSR count). The number of carbonyl (C=O) groups is 1. The van der Waals surface area contributed by atoms with Crippen LogP contribution in [-0.2, 0) is 11.2 Å². The molecule has 0 bridgehead atoms. The molecule has 5 heteroatoms. The van der Waals surface area contributed by atoms with Gasteiger partial charge in [-0.1, -0.05) is 0 Å². The number of amides is 1. The molecule has 1 aliphatic rings. The van der Waals surface area contributed by atoms with Crippen LogP contribution in [0.25, 0.3) is 0 Å². The highest BCUT2D eigenvalue weighted by molar-refractivity contribution is 8.93. The van der Waals surface area contributed by atoms with Crippen LogP contribution < -0.4 is 10.6 Å². The fourth-order valence-electron chi connectivity index (χ4n) is 2.22. The predicted octanol–water partition coefficient (Wildman–Crippen LogP) is 1.51. The number of nitrogens with zero attached hydrogens (tertiary/aromatic N) is 2. The number of pyridine rings is 1. The van der Waals surface area contributed by atoms with Crippen molar-refractivity contribution in [1.29, 1.82) is 0 Å². The van der Waals surface area contributed by atoms with Gasteiger partial charge in [-0.15, -0.1) is 17.0 Å². The van der Waals surface area contributed by atoms with Crippen LogP contribution in [0.2, 0.25) is 0 Å². The Labute approximate surface area is 112 Å². The summed E-state index contributed by atoms with van der Waals surface area (Å²) in [5, 5.41) is 0. The van der Waals surface area contributed by atoms with Crippen molar-refractivity contribution in [2.24, 2.45) is 5.73 Å². The van der Waals surface area contributed by atoms with Crippen molar-refractivity contribution in [3.05, 3.63) is 22.9 Å². The first-order chi connectivity index (χ1) is 7.63. The van der Waals surface area contributed by atoms with E-state index in [2.05, 4.69) is 18.0 Å². The number of fused-ring (bicyclic) bond motifs is 1. The van der Waals surface area contributed by atoms with Gasteiger partial charge in [0.1, 0.15) is 5.82 Å². The average Bonchev–Trinajstić information content (AvgIpc) is 2.22. The van der Waals surface area contributed by atoms with Crippen LogP contribution in [0, 0.1) is 13.8 Å². The number of halogens is 1. The van der Waals surface area contributed by atoms with E-state index in [9.17, 15) is 4.79 Å². The molecule has 0 spiro atoms. The molecule has 1 aliphatic heterocycles. The average molecular weight is 300 g/mol. The number of hydrogen-bond donors (Lipinski definition) is 1. The predicted molar refractivity (Wildman–Crippen MR) is 73.8 cm³/mol. The summed E-state index contributed by atoms with van der Waals surface area (Å²) in [5.41, 5.74) is 8.90. The quantitative estimate of drug-likeness (QED) is 0.901. The molecule has 0 saturated carbocycles. The summed E-state index contributed by atoms with van der Waals surface area (Å²) in [6, 6.07) is 2.06. The Balaban J connectivity index is 0.00000144. The van der Waals surface area contributed by atoms with Gasteiger partial charge in [0.05, 0.1) is 0 Å². The summed E-state index contributed by atoms with van der Waals surface area (Å²) in [7, 11) is 0. The van der Waals surface area contributed by atoms with Crippen molar-refractivity contribution >= 4 is 28.7 Å². The smallest absolute Gasteiger partial charge is 0.228 e. The van der Waals surface area contributed by atoms with E-state index in [0.717, 1.165) is 17.9 Å². The minimum absolute atomic E-state index is 0. The van der Waals surface area contributed by atoms with Crippen LogP contribution in [0.15, 0.2) is 6.07 Å². The zero-order chi connectivity index (χ0) is 11.7. The number of hydrogen-bond acceptors (Lipinski definition) is 3. The van der Waals surface area contributed by atoms with Gasteiger partial charge in [-0.2, -0.15) is 0 Å². The molecule has 2 heterocycles. The highest BCUT2D eigenvalue weighted by Crippen LogP contribution is 2.28. The molecule has 0 unspecified atom stereocenters. The van der Waals surface area contributed by atoms with Crippen LogP contribution in [0.1, 0.15) is 23.2 Å². The standard InChI is InChI=1S/C12H17N3O.BrH/c1-8-7-9(2)14-12-10(8)3-4-11(16)15(12)6-5-13;/h7H,3-6,13H2,1-2H3;1H. The first-order valence-corrected chi connectivity index (χ1v) is 5.61. The monoisotopic (exact) mass is 299 g/mol. The fraction of sp³-hybridized carbons (Fsp3) is 0.500. The molecule has 1 amide bonds. The van der Waals surface area contributed by atoms with Gasteiger partial charge in [-0.3, -0.25) is 9.69 Å². The van der Waals surface area contributed by atoms with E-state index in [1.807, 2.05) is 6.92 Å². The van der Waals surface area contributed by atoms with Gasteiger partial charge in [-0.25, -0.2) is 4.98 Å². The summed E-state index contributed by atoms with van der Waals surface area (Å²) in [5.74, 6) is 0.953. The molecule has 17 heavy (non-hydrogen) atoms. The van der Waals surface area contributed by atoms with Crippen LogP contribution in [0.3, 0.4) is 0 Å². The Morgan fingerprint density at radius 3 is 2.76 bits per heavy atom. The minimum atomic E-state index is 0. The van der Waals surface area contributed by atoms with Gasteiger partial charge < -0.3 is 5.73 Å². The second kappa shape index (κ2) is 5.60.